The standard InChI is InChI=1S/C14H27ClN2O2S/c1-3-14(4-2)7-9-17(12-14)20(18,19)16-8-5-6-13(10-15)11-16/h13H,3-12H2,1-2H3. The van der Waals surface area contributed by atoms with Crippen LogP contribution in [0.4, 0.5) is 0 Å². The maximum absolute atomic E-state index is 12.8. The molecule has 2 aliphatic rings. The van der Waals surface area contributed by atoms with E-state index in [0.29, 0.717) is 38.0 Å². The molecule has 4 nitrogen and oxygen atoms in total. The van der Waals surface area contributed by atoms with Crippen LogP contribution in [0.25, 0.3) is 0 Å². The molecule has 0 N–H and O–H groups in total. The van der Waals surface area contributed by atoms with E-state index >= 15 is 0 Å². The molecule has 0 amide bonds. The lowest BCUT2D eigenvalue weighted by molar-refractivity contribution is 0.249. The van der Waals surface area contributed by atoms with Crippen molar-refractivity contribution in [2.24, 2.45) is 11.3 Å². The van der Waals surface area contributed by atoms with E-state index in [1.807, 2.05) is 0 Å². The van der Waals surface area contributed by atoms with Gasteiger partial charge in [0.25, 0.3) is 10.2 Å². The first-order valence-corrected chi connectivity index (χ1v) is 9.72. The van der Waals surface area contributed by atoms with Crippen LogP contribution in [0.15, 0.2) is 0 Å². The number of piperidine rings is 1. The van der Waals surface area contributed by atoms with Crippen LogP contribution in [0.2, 0.25) is 0 Å². The SMILES string of the molecule is CCC1(CC)CCN(S(=O)(=O)N2CCCC(CCl)C2)C1. The van der Waals surface area contributed by atoms with Gasteiger partial charge in [-0.3, -0.25) is 0 Å². The van der Waals surface area contributed by atoms with Crippen LogP contribution in [-0.4, -0.2) is 49.1 Å². The summed E-state index contributed by atoms with van der Waals surface area (Å²) in [5.41, 5.74) is 0.189. The van der Waals surface area contributed by atoms with Crippen molar-refractivity contribution >= 4 is 21.8 Å². The third-order valence-electron chi connectivity index (χ3n) is 5.26. The molecular formula is C14H27ClN2O2S. The predicted octanol–water partition coefficient (Wildman–Crippen LogP) is 2.69. The lowest BCUT2D eigenvalue weighted by Crippen LogP contribution is -2.48. The molecule has 0 spiro atoms. The second kappa shape index (κ2) is 6.51. The Hall–Kier alpha value is 0.160. The number of halogens is 1. The van der Waals surface area contributed by atoms with E-state index < -0.39 is 10.2 Å². The Kier molecular flexibility index (Phi) is 5.38. The molecule has 0 aromatic rings. The van der Waals surface area contributed by atoms with E-state index in [1.54, 1.807) is 8.61 Å². The van der Waals surface area contributed by atoms with Crippen molar-refractivity contribution in [1.82, 2.24) is 8.61 Å². The van der Waals surface area contributed by atoms with Gasteiger partial charge in [0.2, 0.25) is 0 Å². The first-order valence-electron chi connectivity index (χ1n) is 7.78. The zero-order valence-electron chi connectivity index (χ0n) is 12.6. The fourth-order valence-corrected chi connectivity index (χ4v) is 5.54. The molecule has 2 aliphatic heterocycles. The van der Waals surface area contributed by atoms with Gasteiger partial charge < -0.3 is 0 Å². The number of hydrogen-bond donors (Lipinski definition) is 0. The van der Waals surface area contributed by atoms with Gasteiger partial charge in [-0.25, -0.2) is 0 Å². The van der Waals surface area contributed by atoms with Crippen LogP contribution in [0.3, 0.4) is 0 Å². The Morgan fingerprint density at radius 2 is 1.90 bits per heavy atom. The van der Waals surface area contributed by atoms with Crippen LogP contribution in [0, 0.1) is 11.3 Å². The summed E-state index contributed by atoms with van der Waals surface area (Å²) in [5.74, 6) is 0.866. The first-order chi connectivity index (χ1) is 9.47. The van der Waals surface area contributed by atoms with Gasteiger partial charge in [0, 0.05) is 32.1 Å². The van der Waals surface area contributed by atoms with Crippen molar-refractivity contribution < 1.29 is 8.42 Å². The molecule has 20 heavy (non-hydrogen) atoms. The molecule has 0 saturated carbocycles. The molecule has 0 aliphatic carbocycles. The van der Waals surface area contributed by atoms with E-state index in [2.05, 4.69) is 13.8 Å². The summed E-state index contributed by atoms with van der Waals surface area (Å²) in [6.07, 6.45) is 5.08. The lowest BCUT2D eigenvalue weighted by atomic mass is 9.82. The molecule has 1 unspecified atom stereocenters. The van der Waals surface area contributed by atoms with E-state index in [0.717, 1.165) is 32.1 Å². The zero-order chi connectivity index (χ0) is 14.8. The predicted molar refractivity (Wildman–Crippen MR) is 83.1 cm³/mol. The van der Waals surface area contributed by atoms with E-state index in [4.69, 9.17) is 11.6 Å². The third-order valence-corrected chi connectivity index (χ3v) is 7.64. The molecule has 2 heterocycles. The van der Waals surface area contributed by atoms with Crippen molar-refractivity contribution in [1.29, 1.82) is 0 Å². The minimum absolute atomic E-state index is 0.189. The monoisotopic (exact) mass is 322 g/mol. The number of nitrogens with zero attached hydrogens (tertiary/aromatic N) is 2. The molecular weight excluding hydrogens is 296 g/mol. The Labute approximate surface area is 128 Å². The fraction of sp³-hybridized carbons (Fsp3) is 1.00. The zero-order valence-corrected chi connectivity index (χ0v) is 14.2. The summed E-state index contributed by atoms with van der Waals surface area (Å²) >= 11 is 5.91. The summed E-state index contributed by atoms with van der Waals surface area (Å²) in [6.45, 7) is 6.94. The van der Waals surface area contributed by atoms with Gasteiger partial charge in [-0.05, 0) is 43.4 Å². The highest BCUT2D eigenvalue weighted by Crippen LogP contribution is 2.39. The maximum Gasteiger partial charge on any atom is 0.282 e. The van der Waals surface area contributed by atoms with Crippen molar-refractivity contribution in [2.45, 2.75) is 46.0 Å². The van der Waals surface area contributed by atoms with Gasteiger partial charge >= 0.3 is 0 Å². The Morgan fingerprint density at radius 3 is 2.45 bits per heavy atom. The minimum Gasteiger partial charge on any atom is -0.195 e. The summed E-state index contributed by atoms with van der Waals surface area (Å²) in [7, 11) is -3.29. The second-order valence-electron chi connectivity index (χ2n) is 6.32. The number of rotatable bonds is 5. The van der Waals surface area contributed by atoms with Crippen molar-refractivity contribution in [3.8, 4) is 0 Å². The molecule has 2 fully saturated rings. The van der Waals surface area contributed by atoms with Gasteiger partial charge in [-0.15, -0.1) is 11.6 Å². The largest absolute Gasteiger partial charge is 0.282 e. The quantitative estimate of drug-likeness (QED) is 0.730. The molecule has 0 bridgehead atoms. The molecule has 0 radical (unpaired) electrons. The molecule has 1 atom stereocenters. The molecule has 6 heteroatoms. The van der Waals surface area contributed by atoms with Gasteiger partial charge in [-0.1, -0.05) is 13.8 Å². The average Bonchev–Trinajstić information content (AvgIpc) is 2.93. The highest BCUT2D eigenvalue weighted by Gasteiger charge is 2.43. The normalized spacial score (nSPS) is 28.9. The number of alkyl halides is 1. The Morgan fingerprint density at radius 1 is 1.20 bits per heavy atom. The third kappa shape index (κ3) is 3.16. The Balaban J connectivity index is 2.08. The second-order valence-corrected chi connectivity index (χ2v) is 8.56. The lowest BCUT2D eigenvalue weighted by Gasteiger charge is -2.34. The smallest absolute Gasteiger partial charge is 0.195 e. The average molecular weight is 323 g/mol. The van der Waals surface area contributed by atoms with Crippen molar-refractivity contribution in [3.05, 3.63) is 0 Å². The van der Waals surface area contributed by atoms with Crippen molar-refractivity contribution in [3.63, 3.8) is 0 Å². The van der Waals surface area contributed by atoms with E-state index in [-0.39, 0.29) is 5.41 Å². The summed E-state index contributed by atoms with van der Waals surface area (Å²) in [4.78, 5) is 0. The molecule has 2 rings (SSSR count). The maximum atomic E-state index is 12.8. The van der Waals surface area contributed by atoms with Gasteiger partial charge in [0.05, 0.1) is 0 Å². The van der Waals surface area contributed by atoms with Crippen LogP contribution in [-0.2, 0) is 10.2 Å². The van der Waals surface area contributed by atoms with Gasteiger partial charge in [-0.2, -0.15) is 17.0 Å². The first kappa shape index (κ1) is 16.5. The van der Waals surface area contributed by atoms with Crippen LogP contribution in [0.1, 0.15) is 46.0 Å². The van der Waals surface area contributed by atoms with Gasteiger partial charge in [0.1, 0.15) is 0 Å². The fourth-order valence-electron chi connectivity index (χ4n) is 3.44. The molecule has 2 saturated heterocycles. The topological polar surface area (TPSA) is 40.6 Å². The highest BCUT2D eigenvalue weighted by atomic mass is 35.5. The molecule has 118 valence electrons. The van der Waals surface area contributed by atoms with Crippen molar-refractivity contribution in [2.75, 3.05) is 32.1 Å². The summed E-state index contributed by atoms with van der Waals surface area (Å²) < 4.78 is 28.9. The summed E-state index contributed by atoms with van der Waals surface area (Å²) in [6, 6.07) is 0. The Bertz CT molecular complexity index is 423. The molecule has 0 aromatic heterocycles. The van der Waals surface area contributed by atoms with E-state index in [1.165, 1.54) is 0 Å². The summed E-state index contributed by atoms with van der Waals surface area (Å²) in [5, 5.41) is 0. The molecule has 0 aromatic carbocycles. The minimum atomic E-state index is -3.29. The van der Waals surface area contributed by atoms with Crippen LogP contribution < -0.4 is 0 Å². The van der Waals surface area contributed by atoms with Gasteiger partial charge in [0.15, 0.2) is 0 Å². The van der Waals surface area contributed by atoms with Crippen LogP contribution >= 0.6 is 11.6 Å². The highest BCUT2D eigenvalue weighted by molar-refractivity contribution is 7.86. The number of hydrogen-bond acceptors (Lipinski definition) is 2. The van der Waals surface area contributed by atoms with E-state index in [9.17, 15) is 8.42 Å². The van der Waals surface area contributed by atoms with Crippen LogP contribution in [0.5, 0.6) is 0 Å².